The van der Waals surface area contributed by atoms with E-state index in [9.17, 15) is 9.59 Å². The third-order valence-corrected chi connectivity index (χ3v) is 6.73. The number of hydrogen-bond donors (Lipinski definition) is 0. The smallest absolute Gasteiger partial charge is 0.331 e. The highest BCUT2D eigenvalue weighted by Gasteiger charge is 2.27. The summed E-state index contributed by atoms with van der Waals surface area (Å²) in [7, 11) is 0. The molecule has 144 valence electrons. The van der Waals surface area contributed by atoms with Crippen molar-refractivity contribution in [3.8, 4) is 0 Å². The minimum absolute atomic E-state index is 0.149. The second kappa shape index (κ2) is 8.67. The number of carbonyl (C=O) groups is 2. The normalized spacial score (nSPS) is 17.3. The highest BCUT2D eigenvalue weighted by Crippen LogP contribution is 2.32. The van der Waals surface area contributed by atoms with Crippen molar-refractivity contribution in [3.63, 3.8) is 0 Å². The summed E-state index contributed by atoms with van der Waals surface area (Å²) in [5, 5.41) is 3.02. The Bertz CT molecular complexity index is 961. The lowest BCUT2D eigenvalue weighted by atomic mass is 9.99. The molecule has 5 nitrogen and oxygen atoms in total. The van der Waals surface area contributed by atoms with Crippen LogP contribution in [-0.4, -0.2) is 41.5 Å². The van der Waals surface area contributed by atoms with E-state index in [0.29, 0.717) is 13.1 Å². The summed E-state index contributed by atoms with van der Waals surface area (Å²) < 4.78 is 6.29. The Labute approximate surface area is 171 Å². The zero-order valence-corrected chi connectivity index (χ0v) is 16.9. The van der Waals surface area contributed by atoms with Gasteiger partial charge in [-0.05, 0) is 42.5 Å². The van der Waals surface area contributed by atoms with Gasteiger partial charge >= 0.3 is 5.97 Å². The summed E-state index contributed by atoms with van der Waals surface area (Å²) in [5.41, 5.74) is 1.01. The Morgan fingerprint density at radius 3 is 2.96 bits per heavy atom. The van der Waals surface area contributed by atoms with Gasteiger partial charge in [0.05, 0.1) is 15.2 Å². The van der Waals surface area contributed by atoms with Gasteiger partial charge in [-0.15, -0.1) is 22.7 Å². The molecule has 2 aromatic heterocycles. The number of ether oxygens (including phenoxy) is 1. The quantitative estimate of drug-likeness (QED) is 0.463. The van der Waals surface area contributed by atoms with Crippen LogP contribution < -0.4 is 0 Å². The van der Waals surface area contributed by atoms with E-state index < -0.39 is 5.97 Å². The molecule has 3 aromatic rings. The fourth-order valence-corrected chi connectivity index (χ4v) is 4.99. The lowest BCUT2D eigenvalue weighted by molar-refractivity contribution is -0.148. The van der Waals surface area contributed by atoms with E-state index in [0.717, 1.165) is 28.2 Å². The van der Waals surface area contributed by atoms with Crippen molar-refractivity contribution in [2.75, 3.05) is 19.7 Å². The summed E-state index contributed by atoms with van der Waals surface area (Å²) in [6.07, 6.45) is 5.01. The van der Waals surface area contributed by atoms with E-state index in [-0.39, 0.29) is 18.4 Å². The average Bonchev–Trinajstić information content (AvgIpc) is 3.40. The summed E-state index contributed by atoms with van der Waals surface area (Å²) in [6.45, 7) is 1.10. The van der Waals surface area contributed by atoms with Gasteiger partial charge in [0.25, 0.3) is 5.91 Å². The molecule has 0 saturated carbocycles. The number of esters is 1. The van der Waals surface area contributed by atoms with Crippen molar-refractivity contribution in [2.24, 2.45) is 0 Å². The van der Waals surface area contributed by atoms with Crippen LogP contribution in [0.15, 0.2) is 47.9 Å². The maximum Gasteiger partial charge on any atom is 0.331 e. The average molecular weight is 413 g/mol. The summed E-state index contributed by atoms with van der Waals surface area (Å²) in [5.74, 6) is -0.408. The SMILES string of the molecule is O=C(/C=C/c1cccs1)OCC(=O)N1CCC[C@H](c2nc3ccccc3s2)C1. The molecule has 3 heterocycles. The predicted octanol–water partition coefficient (Wildman–Crippen LogP) is 4.32. The highest BCUT2D eigenvalue weighted by molar-refractivity contribution is 7.18. The molecule has 4 rings (SSSR count). The lowest BCUT2D eigenvalue weighted by Gasteiger charge is -2.31. The van der Waals surface area contributed by atoms with E-state index in [1.165, 1.54) is 22.1 Å². The molecule has 1 amide bonds. The van der Waals surface area contributed by atoms with Gasteiger partial charge in [-0.1, -0.05) is 18.2 Å². The van der Waals surface area contributed by atoms with Crippen molar-refractivity contribution in [3.05, 3.63) is 57.7 Å². The topological polar surface area (TPSA) is 59.5 Å². The minimum atomic E-state index is -0.499. The van der Waals surface area contributed by atoms with Gasteiger partial charge in [-0.3, -0.25) is 4.79 Å². The van der Waals surface area contributed by atoms with Gasteiger partial charge in [0.2, 0.25) is 0 Å². The van der Waals surface area contributed by atoms with Crippen LogP contribution in [0.3, 0.4) is 0 Å². The third-order valence-electron chi connectivity index (χ3n) is 4.70. The summed E-state index contributed by atoms with van der Waals surface area (Å²) in [6, 6.07) is 11.9. The van der Waals surface area contributed by atoms with Crippen molar-refractivity contribution >= 4 is 50.8 Å². The van der Waals surface area contributed by atoms with Gasteiger partial charge < -0.3 is 9.64 Å². The van der Waals surface area contributed by atoms with E-state index >= 15 is 0 Å². The Kier molecular flexibility index (Phi) is 5.83. The van der Waals surface area contributed by atoms with Gasteiger partial charge in [0.15, 0.2) is 6.61 Å². The van der Waals surface area contributed by atoms with E-state index in [1.54, 1.807) is 22.3 Å². The summed E-state index contributed by atoms with van der Waals surface area (Å²) in [4.78, 5) is 31.8. The van der Waals surface area contributed by atoms with Crippen molar-refractivity contribution in [1.82, 2.24) is 9.88 Å². The molecule has 28 heavy (non-hydrogen) atoms. The number of thiophene rings is 1. The maximum absolute atomic E-state index is 12.5. The summed E-state index contributed by atoms with van der Waals surface area (Å²) >= 11 is 3.24. The molecule has 0 radical (unpaired) electrons. The molecule has 1 aromatic carbocycles. The Hall–Kier alpha value is -2.51. The van der Waals surface area contributed by atoms with Crippen LogP contribution in [0.1, 0.15) is 28.6 Å². The van der Waals surface area contributed by atoms with Crippen LogP contribution in [0.2, 0.25) is 0 Å². The predicted molar refractivity (Wildman–Crippen MR) is 112 cm³/mol. The Morgan fingerprint density at radius 2 is 2.14 bits per heavy atom. The molecule has 1 saturated heterocycles. The van der Waals surface area contributed by atoms with Crippen LogP contribution in [0.5, 0.6) is 0 Å². The Morgan fingerprint density at radius 1 is 1.25 bits per heavy atom. The van der Waals surface area contributed by atoms with Gasteiger partial charge in [-0.25, -0.2) is 9.78 Å². The molecule has 1 aliphatic rings. The standard InChI is InChI=1S/C21H20N2O3S2/c24-19(14-26-20(25)10-9-16-6-4-12-27-16)23-11-3-5-15(13-23)21-22-17-7-1-2-8-18(17)28-21/h1-2,4,6-10,12,15H,3,5,11,13-14H2/b10-9+/t15-/m0/s1. The number of para-hydroxylation sites is 1. The van der Waals surface area contributed by atoms with Gasteiger partial charge in [-0.2, -0.15) is 0 Å². The van der Waals surface area contributed by atoms with Crippen molar-refractivity contribution in [2.45, 2.75) is 18.8 Å². The van der Waals surface area contributed by atoms with E-state index in [2.05, 4.69) is 6.07 Å². The molecular weight excluding hydrogens is 392 g/mol. The fourth-order valence-electron chi connectivity index (χ4n) is 3.28. The molecule has 0 unspecified atom stereocenters. The van der Waals surface area contributed by atoms with Crippen molar-refractivity contribution < 1.29 is 14.3 Å². The minimum Gasteiger partial charge on any atom is -0.452 e. The number of likely N-dealkylation sites (tertiary alicyclic amines) is 1. The lowest BCUT2D eigenvalue weighted by Crippen LogP contribution is -2.41. The van der Waals surface area contributed by atoms with E-state index in [1.807, 2.05) is 35.7 Å². The number of carbonyl (C=O) groups excluding carboxylic acids is 2. The molecule has 0 bridgehead atoms. The zero-order valence-electron chi connectivity index (χ0n) is 15.2. The number of piperidine rings is 1. The monoisotopic (exact) mass is 412 g/mol. The van der Waals surface area contributed by atoms with Crippen molar-refractivity contribution in [1.29, 1.82) is 0 Å². The van der Waals surface area contributed by atoms with Gasteiger partial charge in [0.1, 0.15) is 0 Å². The number of hydrogen-bond acceptors (Lipinski definition) is 6. The van der Waals surface area contributed by atoms with Crippen LogP contribution in [0, 0.1) is 0 Å². The Balaban J connectivity index is 1.32. The zero-order chi connectivity index (χ0) is 19.3. The first-order valence-corrected chi connectivity index (χ1v) is 10.9. The highest BCUT2D eigenvalue weighted by atomic mass is 32.1. The van der Waals surface area contributed by atoms with E-state index in [4.69, 9.17) is 9.72 Å². The number of fused-ring (bicyclic) bond motifs is 1. The van der Waals surface area contributed by atoms with Crippen LogP contribution in [0.4, 0.5) is 0 Å². The largest absolute Gasteiger partial charge is 0.452 e. The number of nitrogens with zero attached hydrogens (tertiary/aromatic N) is 2. The number of amides is 1. The molecule has 7 heteroatoms. The third kappa shape index (κ3) is 4.48. The van der Waals surface area contributed by atoms with Crippen LogP contribution >= 0.6 is 22.7 Å². The molecule has 0 N–H and O–H groups in total. The first-order chi connectivity index (χ1) is 13.7. The number of aromatic nitrogens is 1. The molecule has 0 spiro atoms. The second-order valence-electron chi connectivity index (χ2n) is 6.66. The molecule has 1 fully saturated rings. The molecule has 1 aliphatic heterocycles. The maximum atomic E-state index is 12.5. The first-order valence-electron chi connectivity index (χ1n) is 9.20. The van der Waals surface area contributed by atoms with Crippen LogP contribution in [0.25, 0.3) is 16.3 Å². The first kappa shape index (κ1) is 18.8. The number of benzene rings is 1. The molecular formula is C21H20N2O3S2. The molecule has 0 aliphatic carbocycles. The number of rotatable bonds is 5. The van der Waals surface area contributed by atoms with Gasteiger partial charge in [0, 0.05) is 30.0 Å². The fraction of sp³-hybridized carbons (Fsp3) is 0.286. The van der Waals surface area contributed by atoms with Crippen LogP contribution in [-0.2, 0) is 14.3 Å². The number of thiazole rings is 1. The molecule has 1 atom stereocenters. The second-order valence-corrected chi connectivity index (χ2v) is 8.70.